The lowest BCUT2D eigenvalue weighted by molar-refractivity contribution is 0.102. The summed E-state index contributed by atoms with van der Waals surface area (Å²) in [6.45, 7) is 6.89. The summed E-state index contributed by atoms with van der Waals surface area (Å²) in [4.78, 5) is 20.6. The molecule has 0 saturated heterocycles. The van der Waals surface area contributed by atoms with Crippen LogP contribution in [-0.2, 0) is 0 Å². The van der Waals surface area contributed by atoms with Crippen molar-refractivity contribution in [2.45, 2.75) is 26.7 Å². The van der Waals surface area contributed by atoms with E-state index < -0.39 is 0 Å². The molecule has 1 heterocycles. The maximum atomic E-state index is 12.3. The van der Waals surface area contributed by atoms with Crippen LogP contribution in [0.3, 0.4) is 0 Å². The van der Waals surface area contributed by atoms with Crippen molar-refractivity contribution in [2.75, 3.05) is 17.2 Å². The van der Waals surface area contributed by atoms with Gasteiger partial charge in [0.25, 0.3) is 5.91 Å². The fourth-order valence-electron chi connectivity index (χ4n) is 2.04. The van der Waals surface area contributed by atoms with Gasteiger partial charge in [0.1, 0.15) is 11.5 Å². The van der Waals surface area contributed by atoms with Crippen molar-refractivity contribution in [1.29, 1.82) is 0 Å². The van der Waals surface area contributed by atoms with Crippen molar-refractivity contribution in [3.05, 3.63) is 47.9 Å². The summed E-state index contributed by atoms with van der Waals surface area (Å²) in [6.07, 6.45) is 3.07. The fourth-order valence-corrected chi connectivity index (χ4v) is 2.04. The third-order valence-electron chi connectivity index (χ3n) is 3.06. The Morgan fingerprint density at radius 2 is 2.00 bits per heavy atom. The van der Waals surface area contributed by atoms with E-state index in [-0.39, 0.29) is 5.91 Å². The topological polar surface area (TPSA) is 66.9 Å². The number of rotatable bonds is 5. The van der Waals surface area contributed by atoms with Crippen LogP contribution in [0.5, 0.6) is 0 Å². The van der Waals surface area contributed by atoms with Crippen LogP contribution >= 0.6 is 0 Å². The second-order valence-electron chi connectivity index (χ2n) is 5.02. The summed E-state index contributed by atoms with van der Waals surface area (Å²) in [5.74, 6) is 0.679. The molecule has 0 spiro atoms. The first kappa shape index (κ1) is 15.0. The largest absolute Gasteiger partial charge is 0.369 e. The molecule has 0 saturated carbocycles. The zero-order chi connectivity index (χ0) is 15.2. The summed E-state index contributed by atoms with van der Waals surface area (Å²) in [5, 5.41) is 5.95. The highest BCUT2D eigenvalue weighted by molar-refractivity contribution is 6.03. The maximum Gasteiger partial charge on any atom is 0.275 e. The molecule has 0 aliphatic carbocycles. The van der Waals surface area contributed by atoms with Gasteiger partial charge in [-0.15, -0.1) is 0 Å². The second-order valence-corrected chi connectivity index (χ2v) is 5.02. The summed E-state index contributed by atoms with van der Waals surface area (Å²) in [5.41, 5.74) is 2.21. The Morgan fingerprint density at radius 3 is 2.71 bits per heavy atom. The molecule has 0 atom stereocenters. The molecule has 5 nitrogen and oxygen atoms in total. The van der Waals surface area contributed by atoms with Gasteiger partial charge >= 0.3 is 0 Å². The minimum absolute atomic E-state index is 0.254. The molecule has 0 aliphatic rings. The van der Waals surface area contributed by atoms with Crippen molar-refractivity contribution in [1.82, 2.24) is 9.97 Å². The van der Waals surface area contributed by atoms with E-state index in [0.717, 1.165) is 17.8 Å². The lowest BCUT2D eigenvalue weighted by Gasteiger charge is -2.13. The van der Waals surface area contributed by atoms with Gasteiger partial charge in [-0.2, -0.15) is 0 Å². The molecule has 0 bridgehead atoms. The van der Waals surface area contributed by atoms with Gasteiger partial charge in [-0.25, -0.2) is 4.98 Å². The van der Waals surface area contributed by atoms with Gasteiger partial charge in [0.2, 0.25) is 0 Å². The first-order valence-electron chi connectivity index (χ1n) is 7.08. The third-order valence-corrected chi connectivity index (χ3v) is 3.06. The van der Waals surface area contributed by atoms with E-state index in [1.807, 2.05) is 31.2 Å². The molecule has 2 rings (SSSR count). The fraction of sp³-hybridized carbons (Fsp3) is 0.312. The average molecular weight is 284 g/mol. The Bertz CT molecular complexity index is 625. The number of amides is 1. The molecule has 1 aromatic carbocycles. The number of nitrogens with zero attached hydrogens (tertiary/aromatic N) is 2. The van der Waals surface area contributed by atoms with E-state index in [9.17, 15) is 4.79 Å². The smallest absolute Gasteiger partial charge is 0.275 e. The van der Waals surface area contributed by atoms with Gasteiger partial charge in [0.15, 0.2) is 0 Å². The summed E-state index contributed by atoms with van der Waals surface area (Å²) in [6, 6.07) is 7.79. The highest BCUT2D eigenvalue weighted by Crippen LogP contribution is 2.24. The van der Waals surface area contributed by atoms with Crippen LogP contribution in [0.2, 0.25) is 0 Å². The summed E-state index contributed by atoms with van der Waals surface area (Å²) < 4.78 is 0. The van der Waals surface area contributed by atoms with Gasteiger partial charge in [-0.3, -0.25) is 9.78 Å². The standard InChI is InChI=1S/C16H20N4O/c1-4-18-15-10-17-9-14(19-15)16(21)20-13-8-6-5-7-12(13)11(2)3/h5-11H,4H2,1-3H3,(H,18,19)(H,20,21). The molecular weight excluding hydrogens is 264 g/mol. The van der Waals surface area contributed by atoms with Crippen LogP contribution in [0.25, 0.3) is 0 Å². The van der Waals surface area contributed by atoms with Crippen LogP contribution in [0, 0.1) is 0 Å². The Balaban J connectivity index is 2.20. The number of para-hydroxylation sites is 1. The number of hydrogen-bond donors (Lipinski definition) is 2. The van der Waals surface area contributed by atoms with Crippen molar-refractivity contribution >= 4 is 17.4 Å². The van der Waals surface area contributed by atoms with Gasteiger partial charge < -0.3 is 10.6 Å². The van der Waals surface area contributed by atoms with Crippen molar-refractivity contribution in [2.24, 2.45) is 0 Å². The second kappa shape index (κ2) is 6.83. The number of carbonyl (C=O) groups excluding carboxylic acids is 1. The Morgan fingerprint density at radius 1 is 1.24 bits per heavy atom. The van der Waals surface area contributed by atoms with Crippen molar-refractivity contribution in [3.8, 4) is 0 Å². The number of aromatic nitrogens is 2. The van der Waals surface area contributed by atoms with Crippen LogP contribution in [0.15, 0.2) is 36.7 Å². The summed E-state index contributed by atoms with van der Waals surface area (Å²) in [7, 11) is 0. The molecule has 1 aromatic heterocycles. The molecule has 21 heavy (non-hydrogen) atoms. The monoisotopic (exact) mass is 284 g/mol. The molecule has 110 valence electrons. The van der Waals surface area contributed by atoms with Crippen LogP contribution in [0.1, 0.15) is 42.7 Å². The number of hydrogen-bond acceptors (Lipinski definition) is 4. The van der Waals surface area contributed by atoms with Gasteiger partial charge in [-0.1, -0.05) is 32.0 Å². The van der Waals surface area contributed by atoms with Crippen LogP contribution in [0.4, 0.5) is 11.5 Å². The molecule has 2 N–H and O–H groups in total. The molecule has 2 aromatic rings. The predicted molar refractivity (Wildman–Crippen MR) is 84.7 cm³/mol. The van der Waals surface area contributed by atoms with E-state index in [1.54, 1.807) is 6.20 Å². The zero-order valence-corrected chi connectivity index (χ0v) is 12.6. The summed E-state index contributed by atoms with van der Waals surface area (Å²) >= 11 is 0. The third kappa shape index (κ3) is 3.78. The SMILES string of the molecule is CCNc1cncc(C(=O)Nc2ccccc2C(C)C)n1. The molecular formula is C16H20N4O. The number of nitrogens with one attached hydrogen (secondary N) is 2. The van der Waals surface area contributed by atoms with Gasteiger partial charge in [0, 0.05) is 12.2 Å². The predicted octanol–water partition coefficient (Wildman–Crippen LogP) is 3.28. The van der Waals surface area contributed by atoms with Gasteiger partial charge in [0.05, 0.1) is 12.4 Å². The minimum atomic E-state index is -0.254. The number of anilines is 2. The highest BCUT2D eigenvalue weighted by atomic mass is 16.1. The van der Waals surface area contributed by atoms with Crippen molar-refractivity contribution in [3.63, 3.8) is 0 Å². The molecule has 5 heteroatoms. The quantitative estimate of drug-likeness (QED) is 0.884. The number of benzene rings is 1. The normalized spacial score (nSPS) is 10.5. The lowest BCUT2D eigenvalue weighted by Crippen LogP contribution is -2.16. The van der Waals surface area contributed by atoms with E-state index in [0.29, 0.717) is 17.4 Å². The average Bonchev–Trinajstić information content (AvgIpc) is 2.48. The molecule has 0 unspecified atom stereocenters. The van der Waals surface area contributed by atoms with Gasteiger partial charge in [-0.05, 0) is 24.5 Å². The Hall–Kier alpha value is -2.43. The molecule has 0 radical (unpaired) electrons. The highest BCUT2D eigenvalue weighted by Gasteiger charge is 2.12. The van der Waals surface area contributed by atoms with Crippen molar-refractivity contribution < 1.29 is 4.79 Å². The van der Waals surface area contributed by atoms with E-state index >= 15 is 0 Å². The first-order chi connectivity index (χ1) is 10.1. The molecule has 0 aliphatic heterocycles. The maximum absolute atomic E-state index is 12.3. The first-order valence-corrected chi connectivity index (χ1v) is 7.08. The van der Waals surface area contributed by atoms with E-state index in [4.69, 9.17) is 0 Å². The number of carbonyl (C=O) groups is 1. The van der Waals surface area contributed by atoms with E-state index in [1.165, 1.54) is 6.20 Å². The Labute approximate surface area is 124 Å². The van der Waals surface area contributed by atoms with E-state index in [2.05, 4.69) is 34.4 Å². The molecule has 1 amide bonds. The molecule has 0 fully saturated rings. The lowest BCUT2D eigenvalue weighted by atomic mass is 10.0. The van der Waals surface area contributed by atoms with Crippen LogP contribution in [-0.4, -0.2) is 22.4 Å². The zero-order valence-electron chi connectivity index (χ0n) is 12.6. The minimum Gasteiger partial charge on any atom is -0.369 e. The Kier molecular flexibility index (Phi) is 4.87. The van der Waals surface area contributed by atoms with Crippen LogP contribution < -0.4 is 10.6 Å².